The Bertz CT molecular complexity index is 3300. The van der Waals surface area contributed by atoms with Crippen molar-refractivity contribution in [3.8, 4) is 50.2 Å². The molecule has 0 amide bonds. The summed E-state index contributed by atoms with van der Waals surface area (Å²) in [6.07, 6.45) is 0. The Labute approximate surface area is 299 Å². The van der Waals surface area contributed by atoms with Crippen LogP contribution in [-0.2, 0) is 0 Å². The van der Waals surface area contributed by atoms with Crippen molar-refractivity contribution in [2.24, 2.45) is 0 Å². The summed E-state index contributed by atoms with van der Waals surface area (Å²) in [5.41, 5.74) is 15.6. The highest BCUT2D eigenvalue weighted by atomic mass is 16.3. The minimum absolute atomic E-state index is 0.919. The van der Waals surface area contributed by atoms with Gasteiger partial charge >= 0.3 is 0 Å². The van der Waals surface area contributed by atoms with Gasteiger partial charge in [0.1, 0.15) is 11.2 Å². The van der Waals surface area contributed by atoms with Gasteiger partial charge in [0, 0.05) is 27.2 Å². The van der Waals surface area contributed by atoms with Crippen molar-refractivity contribution in [3.05, 3.63) is 176 Å². The third kappa shape index (κ3) is 3.89. The lowest BCUT2D eigenvalue weighted by Crippen LogP contribution is -1.94. The lowest BCUT2D eigenvalue weighted by Gasteiger charge is -2.12. The molecule has 1 aliphatic carbocycles. The van der Waals surface area contributed by atoms with Gasteiger partial charge < -0.3 is 8.98 Å². The quantitative estimate of drug-likeness (QED) is 0.185. The fourth-order valence-electron chi connectivity index (χ4n) is 8.87. The number of para-hydroxylation sites is 2. The van der Waals surface area contributed by atoms with Gasteiger partial charge in [-0.1, -0.05) is 109 Å². The molecule has 0 radical (unpaired) electrons. The second-order valence-electron chi connectivity index (χ2n) is 14.1. The summed E-state index contributed by atoms with van der Waals surface area (Å²) in [5.74, 6) is 0. The first-order valence-electron chi connectivity index (χ1n) is 17.9. The van der Waals surface area contributed by atoms with E-state index < -0.39 is 0 Å². The number of benzene rings is 9. The van der Waals surface area contributed by atoms with Crippen LogP contribution in [-0.4, -0.2) is 4.57 Å². The van der Waals surface area contributed by atoms with Gasteiger partial charge in [0.25, 0.3) is 0 Å². The average Bonchev–Trinajstić information content (AvgIpc) is 3.85. The summed E-state index contributed by atoms with van der Waals surface area (Å²) in [6, 6.07) is 64.5. The van der Waals surface area contributed by atoms with E-state index in [4.69, 9.17) is 4.42 Å². The third-order valence-corrected chi connectivity index (χ3v) is 11.3. The molecule has 11 aromatic rings. The lowest BCUT2D eigenvalue weighted by atomic mass is 9.95. The molecular weight excluding hydrogens is 631 g/mol. The molecular formula is C50H29NO. The molecule has 0 atom stereocenters. The second-order valence-corrected chi connectivity index (χ2v) is 14.1. The number of rotatable bonds is 3. The van der Waals surface area contributed by atoms with Crippen molar-refractivity contribution in [2.45, 2.75) is 0 Å². The molecule has 2 nitrogen and oxygen atoms in total. The van der Waals surface area contributed by atoms with Crippen LogP contribution in [0.15, 0.2) is 180 Å². The van der Waals surface area contributed by atoms with Gasteiger partial charge in [-0.15, -0.1) is 0 Å². The molecule has 2 heterocycles. The van der Waals surface area contributed by atoms with Gasteiger partial charge in [-0.25, -0.2) is 0 Å². The van der Waals surface area contributed by atoms with Crippen molar-refractivity contribution in [3.63, 3.8) is 0 Å². The zero-order valence-corrected chi connectivity index (χ0v) is 28.1. The Balaban J connectivity index is 0.968. The second kappa shape index (κ2) is 10.3. The highest BCUT2D eigenvalue weighted by Crippen LogP contribution is 2.48. The molecule has 2 aromatic heterocycles. The molecule has 0 bridgehead atoms. The summed E-state index contributed by atoms with van der Waals surface area (Å²) in [6.45, 7) is 0. The summed E-state index contributed by atoms with van der Waals surface area (Å²) < 4.78 is 8.53. The van der Waals surface area contributed by atoms with E-state index in [0.29, 0.717) is 0 Å². The smallest absolute Gasteiger partial charge is 0.135 e. The van der Waals surface area contributed by atoms with Gasteiger partial charge in [0.15, 0.2) is 0 Å². The highest BCUT2D eigenvalue weighted by molar-refractivity contribution is 6.17. The van der Waals surface area contributed by atoms with E-state index in [0.717, 1.165) is 27.6 Å². The molecule has 1 aliphatic rings. The maximum absolute atomic E-state index is 6.12. The van der Waals surface area contributed by atoms with Crippen LogP contribution in [0.2, 0.25) is 0 Å². The van der Waals surface area contributed by atoms with Gasteiger partial charge in [-0.05, 0) is 133 Å². The van der Waals surface area contributed by atoms with Crippen LogP contribution < -0.4 is 0 Å². The predicted octanol–water partition coefficient (Wildman–Crippen LogP) is 14.0. The van der Waals surface area contributed by atoms with Crippen molar-refractivity contribution >= 4 is 65.3 Å². The maximum atomic E-state index is 6.12. The molecule has 240 valence electrons. The van der Waals surface area contributed by atoms with E-state index in [2.05, 4.69) is 168 Å². The van der Waals surface area contributed by atoms with E-state index >= 15 is 0 Å². The molecule has 12 rings (SSSR count). The van der Waals surface area contributed by atoms with E-state index in [1.165, 1.54) is 87.9 Å². The van der Waals surface area contributed by atoms with Gasteiger partial charge in [-0.2, -0.15) is 0 Å². The van der Waals surface area contributed by atoms with Gasteiger partial charge in [-0.3, -0.25) is 0 Å². The van der Waals surface area contributed by atoms with Crippen LogP contribution in [0.25, 0.3) is 115 Å². The molecule has 0 spiro atoms. The standard InChI is InChI=1S/C50H29NO/c1-2-10-39-38(9-1)42-13-7-8-35-25-36(29-45(39)50(35)42)31-16-17-32-26-37(21-18-30(32)24-31)51-46-14-5-3-11-40(46)43-27-33(19-22-47(43)51)34-20-23-49-44(28-34)41-12-4-6-15-48(41)52-49/h1-29H. The van der Waals surface area contributed by atoms with Crippen molar-refractivity contribution in [1.82, 2.24) is 4.57 Å². The Morgan fingerprint density at radius 1 is 0.327 bits per heavy atom. The summed E-state index contributed by atoms with van der Waals surface area (Å²) in [4.78, 5) is 0. The highest BCUT2D eigenvalue weighted by Gasteiger charge is 2.22. The number of aromatic nitrogens is 1. The monoisotopic (exact) mass is 659 g/mol. The fraction of sp³-hybridized carbons (Fsp3) is 0. The third-order valence-electron chi connectivity index (χ3n) is 11.3. The van der Waals surface area contributed by atoms with E-state index in [1.807, 2.05) is 12.1 Å². The Morgan fingerprint density at radius 3 is 1.88 bits per heavy atom. The first kappa shape index (κ1) is 27.9. The molecule has 0 saturated heterocycles. The zero-order valence-electron chi connectivity index (χ0n) is 28.1. The molecule has 2 heteroatoms. The molecule has 0 aliphatic heterocycles. The Kier molecular flexibility index (Phi) is 5.53. The number of hydrogen-bond acceptors (Lipinski definition) is 1. The lowest BCUT2D eigenvalue weighted by molar-refractivity contribution is 0.669. The fourth-order valence-corrected chi connectivity index (χ4v) is 8.87. The molecule has 0 N–H and O–H groups in total. The van der Waals surface area contributed by atoms with E-state index in [9.17, 15) is 0 Å². The minimum atomic E-state index is 0.919. The summed E-state index contributed by atoms with van der Waals surface area (Å²) in [5, 5.41) is 9.91. The SMILES string of the molecule is c1ccc2c(c1)-c1cccc3cc(-c4ccc5cc(-n6c7ccccc7c7cc(-c8ccc9oc%10ccccc%10c9c8)ccc76)ccc5c4)cc-2c13. The molecule has 52 heavy (non-hydrogen) atoms. The van der Waals surface area contributed by atoms with Crippen LogP contribution in [0, 0.1) is 0 Å². The van der Waals surface area contributed by atoms with Gasteiger partial charge in [0.2, 0.25) is 0 Å². The zero-order chi connectivity index (χ0) is 33.9. The predicted molar refractivity (Wildman–Crippen MR) is 218 cm³/mol. The van der Waals surface area contributed by atoms with Crippen LogP contribution in [0.1, 0.15) is 0 Å². The van der Waals surface area contributed by atoms with Crippen LogP contribution in [0.3, 0.4) is 0 Å². The first-order chi connectivity index (χ1) is 25.7. The summed E-state index contributed by atoms with van der Waals surface area (Å²) in [7, 11) is 0. The number of furan rings is 1. The Hall–Kier alpha value is -6.90. The van der Waals surface area contributed by atoms with Crippen LogP contribution >= 0.6 is 0 Å². The average molecular weight is 660 g/mol. The topological polar surface area (TPSA) is 18.1 Å². The molecule has 0 unspecified atom stereocenters. The minimum Gasteiger partial charge on any atom is -0.456 e. The number of nitrogens with zero attached hydrogens (tertiary/aromatic N) is 1. The normalized spacial score (nSPS) is 12.2. The van der Waals surface area contributed by atoms with E-state index in [1.54, 1.807) is 0 Å². The van der Waals surface area contributed by atoms with Gasteiger partial charge in [0.05, 0.1) is 11.0 Å². The number of fused-ring (bicyclic) bond motifs is 10. The van der Waals surface area contributed by atoms with Crippen molar-refractivity contribution in [1.29, 1.82) is 0 Å². The number of hydrogen-bond donors (Lipinski definition) is 0. The van der Waals surface area contributed by atoms with E-state index in [-0.39, 0.29) is 0 Å². The molecule has 0 fully saturated rings. The van der Waals surface area contributed by atoms with Crippen LogP contribution in [0.4, 0.5) is 0 Å². The largest absolute Gasteiger partial charge is 0.456 e. The van der Waals surface area contributed by atoms with Crippen LogP contribution in [0.5, 0.6) is 0 Å². The van der Waals surface area contributed by atoms with Crippen molar-refractivity contribution < 1.29 is 4.42 Å². The van der Waals surface area contributed by atoms with Crippen molar-refractivity contribution in [2.75, 3.05) is 0 Å². The first-order valence-corrected chi connectivity index (χ1v) is 17.9. The maximum Gasteiger partial charge on any atom is 0.135 e. The molecule has 9 aromatic carbocycles. The summed E-state index contributed by atoms with van der Waals surface area (Å²) >= 11 is 0. The Morgan fingerprint density at radius 2 is 0.962 bits per heavy atom. The molecule has 0 saturated carbocycles.